The van der Waals surface area contributed by atoms with Crippen molar-refractivity contribution in [1.29, 1.82) is 0 Å². The number of pyridine rings is 1. The summed E-state index contributed by atoms with van der Waals surface area (Å²) < 4.78 is 34.5. The molecule has 0 spiro atoms. The Labute approximate surface area is 183 Å². The average Bonchev–Trinajstić information content (AvgIpc) is 3.21. The third-order valence-corrected chi connectivity index (χ3v) is 7.17. The molecule has 9 heteroatoms. The molecular formula is C22H27N5O3S. The third-order valence-electron chi connectivity index (χ3n) is 5.42. The van der Waals surface area contributed by atoms with Gasteiger partial charge in [-0.2, -0.15) is 4.31 Å². The number of imidazole rings is 1. The van der Waals surface area contributed by atoms with Gasteiger partial charge in [0.15, 0.2) is 5.03 Å². The molecule has 3 heterocycles. The van der Waals surface area contributed by atoms with E-state index >= 15 is 0 Å². The van der Waals surface area contributed by atoms with E-state index in [2.05, 4.69) is 10.3 Å². The predicted molar refractivity (Wildman–Crippen MR) is 119 cm³/mol. The first-order valence-electron chi connectivity index (χ1n) is 10.2. The Hall–Kier alpha value is -2.91. The van der Waals surface area contributed by atoms with E-state index in [1.807, 2.05) is 43.3 Å². The molecule has 1 aliphatic rings. The molecule has 0 saturated carbocycles. The lowest BCUT2D eigenvalue weighted by atomic mass is 9.95. The molecule has 0 aliphatic carbocycles. The zero-order chi connectivity index (χ0) is 22.0. The number of piperidine rings is 1. The average molecular weight is 442 g/mol. The zero-order valence-electron chi connectivity index (χ0n) is 17.9. The first kappa shape index (κ1) is 21.3. The number of anilines is 2. The highest BCUT2D eigenvalue weighted by atomic mass is 32.2. The van der Waals surface area contributed by atoms with Gasteiger partial charge in [-0.3, -0.25) is 4.98 Å². The van der Waals surface area contributed by atoms with E-state index in [9.17, 15) is 8.42 Å². The molecule has 0 radical (unpaired) electrons. The van der Waals surface area contributed by atoms with Gasteiger partial charge in [-0.15, -0.1) is 0 Å². The molecule has 0 unspecified atom stereocenters. The number of nitrogens with one attached hydrogen (secondary N) is 1. The number of aryl methyl sites for hydroxylation is 2. The molecule has 1 saturated heterocycles. The monoisotopic (exact) mass is 441 g/mol. The maximum absolute atomic E-state index is 13.0. The van der Waals surface area contributed by atoms with Crippen molar-refractivity contribution in [3.05, 3.63) is 60.3 Å². The third kappa shape index (κ3) is 4.72. The second kappa shape index (κ2) is 8.68. The van der Waals surface area contributed by atoms with Crippen LogP contribution in [0.2, 0.25) is 0 Å². The molecule has 164 valence electrons. The molecular weight excluding hydrogens is 414 g/mol. The summed E-state index contributed by atoms with van der Waals surface area (Å²) in [5.41, 5.74) is 3.61. The summed E-state index contributed by atoms with van der Waals surface area (Å²) in [6, 6.07) is 11.7. The molecule has 31 heavy (non-hydrogen) atoms. The highest BCUT2D eigenvalue weighted by Crippen LogP contribution is 2.31. The van der Waals surface area contributed by atoms with Crippen LogP contribution in [0.25, 0.3) is 0 Å². The van der Waals surface area contributed by atoms with E-state index in [-0.39, 0.29) is 10.9 Å². The molecule has 0 bridgehead atoms. The van der Waals surface area contributed by atoms with Crippen molar-refractivity contribution >= 4 is 21.4 Å². The Morgan fingerprint density at radius 1 is 1.19 bits per heavy atom. The normalized spacial score (nSPS) is 17.5. The van der Waals surface area contributed by atoms with Crippen LogP contribution in [0.4, 0.5) is 11.4 Å². The molecule has 1 atom stereocenters. The number of ether oxygens (including phenoxy) is 1. The fourth-order valence-electron chi connectivity index (χ4n) is 3.90. The van der Waals surface area contributed by atoms with Gasteiger partial charge < -0.3 is 14.6 Å². The zero-order valence-corrected chi connectivity index (χ0v) is 18.8. The first-order valence-corrected chi connectivity index (χ1v) is 11.7. The van der Waals surface area contributed by atoms with Crippen LogP contribution in [0.5, 0.6) is 5.75 Å². The maximum atomic E-state index is 13.0. The lowest BCUT2D eigenvalue weighted by Gasteiger charge is -2.31. The van der Waals surface area contributed by atoms with E-state index in [0.29, 0.717) is 13.1 Å². The lowest BCUT2D eigenvalue weighted by molar-refractivity contribution is 0.312. The van der Waals surface area contributed by atoms with Crippen LogP contribution in [0.1, 0.15) is 30.1 Å². The molecule has 2 aromatic heterocycles. The van der Waals surface area contributed by atoms with Crippen LogP contribution < -0.4 is 10.1 Å². The van der Waals surface area contributed by atoms with E-state index in [4.69, 9.17) is 9.72 Å². The molecule has 4 rings (SSSR count). The molecule has 1 fully saturated rings. The van der Waals surface area contributed by atoms with Crippen LogP contribution >= 0.6 is 0 Å². The summed E-state index contributed by atoms with van der Waals surface area (Å²) in [5.74, 6) is 0.802. The molecule has 1 aliphatic heterocycles. The SMILES string of the molecule is COc1cccc(Nc2cc(C)nc([C@@H]3CCCN(S(=O)(=O)c4cn(C)cn4)C3)c2)c1. The smallest absolute Gasteiger partial charge is 0.262 e. The molecule has 0 amide bonds. The van der Waals surface area contributed by atoms with Crippen molar-refractivity contribution in [3.63, 3.8) is 0 Å². The van der Waals surface area contributed by atoms with Crippen molar-refractivity contribution in [2.24, 2.45) is 7.05 Å². The second-order valence-electron chi connectivity index (χ2n) is 7.86. The van der Waals surface area contributed by atoms with Gasteiger partial charge in [-0.1, -0.05) is 6.07 Å². The summed E-state index contributed by atoms with van der Waals surface area (Å²) >= 11 is 0. The Bertz CT molecular complexity index is 1180. The fourth-order valence-corrected chi connectivity index (χ4v) is 5.39. The fraction of sp³-hybridized carbons (Fsp3) is 0.364. The van der Waals surface area contributed by atoms with Crippen LogP contribution in [0.3, 0.4) is 0 Å². The van der Waals surface area contributed by atoms with Gasteiger partial charge in [0.1, 0.15) is 5.75 Å². The van der Waals surface area contributed by atoms with E-state index in [1.165, 1.54) is 10.6 Å². The van der Waals surface area contributed by atoms with E-state index in [0.717, 1.165) is 41.4 Å². The van der Waals surface area contributed by atoms with Crippen molar-refractivity contribution in [1.82, 2.24) is 18.8 Å². The molecule has 8 nitrogen and oxygen atoms in total. The Kier molecular flexibility index (Phi) is 5.97. The molecule has 1 aromatic carbocycles. The van der Waals surface area contributed by atoms with Gasteiger partial charge >= 0.3 is 0 Å². The van der Waals surface area contributed by atoms with Crippen molar-refractivity contribution in [3.8, 4) is 5.75 Å². The number of hydrogen-bond acceptors (Lipinski definition) is 6. The number of nitrogens with zero attached hydrogens (tertiary/aromatic N) is 4. The number of hydrogen-bond donors (Lipinski definition) is 1. The van der Waals surface area contributed by atoms with Crippen LogP contribution in [-0.2, 0) is 17.1 Å². The topological polar surface area (TPSA) is 89.4 Å². The van der Waals surface area contributed by atoms with Crippen LogP contribution in [0, 0.1) is 6.92 Å². The van der Waals surface area contributed by atoms with Gasteiger partial charge in [0.2, 0.25) is 0 Å². The number of rotatable bonds is 6. The number of benzene rings is 1. The quantitative estimate of drug-likeness (QED) is 0.630. The number of aromatic nitrogens is 3. The van der Waals surface area contributed by atoms with Crippen molar-refractivity contribution in [2.75, 3.05) is 25.5 Å². The Balaban J connectivity index is 1.56. The van der Waals surface area contributed by atoms with E-state index in [1.54, 1.807) is 24.9 Å². The van der Waals surface area contributed by atoms with Crippen LogP contribution in [0.15, 0.2) is 53.9 Å². The van der Waals surface area contributed by atoms with Gasteiger partial charge in [-0.25, -0.2) is 13.4 Å². The minimum atomic E-state index is -3.61. The van der Waals surface area contributed by atoms with Crippen LogP contribution in [-0.4, -0.2) is 47.5 Å². The molecule has 3 aromatic rings. The summed E-state index contributed by atoms with van der Waals surface area (Å²) in [7, 11) is -0.212. The number of methoxy groups -OCH3 is 1. The highest BCUT2D eigenvalue weighted by molar-refractivity contribution is 7.89. The second-order valence-corrected chi connectivity index (χ2v) is 9.74. The summed E-state index contributed by atoms with van der Waals surface area (Å²) in [4.78, 5) is 8.77. The Morgan fingerprint density at radius 2 is 2.03 bits per heavy atom. The Morgan fingerprint density at radius 3 is 2.77 bits per heavy atom. The maximum Gasteiger partial charge on any atom is 0.262 e. The number of sulfonamides is 1. The summed E-state index contributed by atoms with van der Waals surface area (Å²) in [6.45, 7) is 2.84. The first-order chi connectivity index (χ1) is 14.8. The minimum Gasteiger partial charge on any atom is -0.497 e. The molecule has 1 N–H and O–H groups in total. The standard InChI is InChI=1S/C22H27N5O3S/c1-16-10-19(25-18-7-4-8-20(11-18)30-3)12-21(24-16)17-6-5-9-27(13-17)31(28,29)22-14-26(2)15-23-22/h4,7-8,10-12,14-15,17H,5-6,9,13H2,1-3H3,(H,24,25)/t17-/m1/s1. The predicted octanol–water partition coefficient (Wildman–Crippen LogP) is 3.44. The van der Waals surface area contributed by atoms with Gasteiger partial charge in [-0.05, 0) is 44.0 Å². The van der Waals surface area contributed by atoms with Crippen molar-refractivity contribution < 1.29 is 13.2 Å². The largest absolute Gasteiger partial charge is 0.497 e. The van der Waals surface area contributed by atoms with Crippen molar-refractivity contribution in [2.45, 2.75) is 30.7 Å². The summed E-state index contributed by atoms with van der Waals surface area (Å²) in [5, 5.41) is 3.50. The minimum absolute atomic E-state index is 0.0259. The highest BCUT2D eigenvalue weighted by Gasteiger charge is 2.33. The van der Waals surface area contributed by atoms with Gasteiger partial charge in [0.25, 0.3) is 10.0 Å². The van der Waals surface area contributed by atoms with Gasteiger partial charge in [0.05, 0.1) is 13.4 Å². The lowest BCUT2D eigenvalue weighted by Crippen LogP contribution is -2.39. The van der Waals surface area contributed by atoms with E-state index < -0.39 is 10.0 Å². The van der Waals surface area contributed by atoms with Gasteiger partial charge in [0, 0.05) is 61.1 Å². The summed E-state index contributed by atoms with van der Waals surface area (Å²) in [6.07, 6.45) is 4.72.